The molecule has 25 heavy (non-hydrogen) atoms. The highest BCUT2D eigenvalue weighted by atomic mass is 19.1. The van der Waals surface area contributed by atoms with Gasteiger partial charge in [0.15, 0.2) is 0 Å². The third kappa shape index (κ3) is 5.83. The zero-order valence-corrected chi connectivity index (χ0v) is 14.5. The minimum absolute atomic E-state index is 0.127. The summed E-state index contributed by atoms with van der Waals surface area (Å²) in [4.78, 5) is 12.2. The van der Waals surface area contributed by atoms with E-state index in [-0.39, 0.29) is 11.8 Å². The van der Waals surface area contributed by atoms with Crippen LogP contribution in [-0.4, -0.2) is 18.1 Å². The van der Waals surface area contributed by atoms with Crippen LogP contribution < -0.4 is 10.6 Å². The third-order valence-electron chi connectivity index (χ3n) is 3.47. The van der Waals surface area contributed by atoms with Gasteiger partial charge in [-0.3, -0.25) is 4.79 Å². The summed E-state index contributed by atoms with van der Waals surface area (Å²) in [5, 5.41) is 5.42. The number of halogens is 2. The van der Waals surface area contributed by atoms with Crippen LogP contribution in [0.3, 0.4) is 0 Å². The van der Waals surface area contributed by atoms with Gasteiger partial charge in [-0.2, -0.15) is 0 Å². The van der Waals surface area contributed by atoms with Crippen LogP contribution in [0.2, 0.25) is 0 Å². The van der Waals surface area contributed by atoms with E-state index in [2.05, 4.69) is 10.6 Å². The second-order valence-corrected chi connectivity index (χ2v) is 6.04. The molecule has 0 saturated carbocycles. The van der Waals surface area contributed by atoms with Crippen LogP contribution in [0, 0.1) is 11.6 Å². The van der Waals surface area contributed by atoms with E-state index in [0.717, 1.165) is 29.4 Å². The Kier molecular flexibility index (Phi) is 6.47. The molecule has 0 aliphatic heterocycles. The van der Waals surface area contributed by atoms with Gasteiger partial charge in [0.2, 0.25) is 5.91 Å². The lowest BCUT2D eigenvalue weighted by molar-refractivity contribution is -0.116. The highest BCUT2D eigenvalue weighted by Crippen LogP contribution is 2.17. The fourth-order valence-corrected chi connectivity index (χ4v) is 2.16. The number of amides is 1. The molecule has 4 nitrogen and oxygen atoms in total. The summed E-state index contributed by atoms with van der Waals surface area (Å²) >= 11 is 0. The Morgan fingerprint density at radius 1 is 1.12 bits per heavy atom. The molecule has 0 bridgehead atoms. The lowest BCUT2D eigenvalue weighted by atomic mass is 10.2. The van der Waals surface area contributed by atoms with Gasteiger partial charge in [0.1, 0.15) is 17.7 Å². The molecular weight excluding hydrogens is 326 g/mol. The zero-order valence-electron chi connectivity index (χ0n) is 14.5. The van der Waals surface area contributed by atoms with Crippen molar-refractivity contribution in [2.45, 2.75) is 39.5 Å². The van der Waals surface area contributed by atoms with Gasteiger partial charge in [0.05, 0.1) is 18.4 Å². The Morgan fingerprint density at radius 3 is 2.60 bits per heavy atom. The molecule has 1 atom stereocenters. The molecule has 0 heterocycles. The zero-order chi connectivity index (χ0) is 18.4. The highest BCUT2D eigenvalue weighted by Gasteiger charge is 2.15. The number of nitrogens with one attached hydrogen (secondary N) is 2. The lowest BCUT2D eigenvalue weighted by Gasteiger charge is -2.16. The fraction of sp³-hybridized carbons (Fsp3) is 0.316. The largest absolute Gasteiger partial charge is 0.374 e. The van der Waals surface area contributed by atoms with E-state index in [1.807, 2.05) is 38.1 Å². The predicted molar refractivity (Wildman–Crippen MR) is 94.4 cm³/mol. The summed E-state index contributed by atoms with van der Waals surface area (Å²) in [7, 11) is 0. The van der Waals surface area contributed by atoms with Gasteiger partial charge in [0, 0.05) is 11.8 Å². The second-order valence-electron chi connectivity index (χ2n) is 6.04. The molecule has 6 heteroatoms. The molecule has 0 fully saturated rings. The molecule has 0 spiro atoms. The summed E-state index contributed by atoms with van der Waals surface area (Å²) in [5.74, 6) is -1.77. The highest BCUT2D eigenvalue weighted by molar-refractivity contribution is 5.96. The molecule has 0 aromatic heterocycles. The molecule has 1 amide bonds. The first-order chi connectivity index (χ1) is 11.8. The second kappa shape index (κ2) is 8.58. The maximum Gasteiger partial charge on any atom is 0.246 e. The minimum atomic E-state index is -0.685. The first-order valence-electron chi connectivity index (χ1n) is 8.08. The summed E-state index contributed by atoms with van der Waals surface area (Å²) in [5.41, 5.74) is 1.53. The summed E-state index contributed by atoms with van der Waals surface area (Å²) in [6, 6.07) is 9.78. The van der Waals surface area contributed by atoms with Crippen LogP contribution in [0.15, 0.2) is 42.5 Å². The molecule has 0 unspecified atom stereocenters. The van der Waals surface area contributed by atoms with E-state index in [0.29, 0.717) is 6.61 Å². The summed E-state index contributed by atoms with van der Waals surface area (Å²) < 4.78 is 32.3. The van der Waals surface area contributed by atoms with Crippen molar-refractivity contribution in [3.05, 3.63) is 59.7 Å². The molecule has 2 rings (SSSR count). The Bertz CT molecular complexity index is 735. The minimum Gasteiger partial charge on any atom is -0.374 e. The van der Waals surface area contributed by atoms with Crippen LogP contribution in [0.1, 0.15) is 26.3 Å². The monoisotopic (exact) mass is 348 g/mol. The van der Waals surface area contributed by atoms with Crippen molar-refractivity contribution >= 4 is 17.3 Å². The molecule has 2 N–H and O–H groups in total. The van der Waals surface area contributed by atoms with Gasteiger partial charge in [-0.25, -0.2) is 8.78 Å². The van der Waals surface area contributed by atoms with Gasteiger partial charge >= 0.3 is 0 Å². The first-order valence-corrected chi connectivity index (χ1v) is 8.08. The van der Waals surface area contributed by atoms with Gasteiger partial charge in [-0.05, 0) is 50.6 Å². The number of anilines is 2. The molecular formula is C19H22F2N2O2. The SMILES string of the molecule is CC(C)OCc1cccc(N[C@@H](C)C(=O)Nc2cc(F)ccc2F)c1. The number of carbonyl (C=O) groups excluding carboxylic acids is 1. The molecule has 2 aromatic carbocycles. The van der Waals surface area contributed by atoms with E-state index in [1.165, 1.54) is 0 Å². The molecule has 134 valence electrons. The first kappa shape index (κ1) is 18.9. The summed E-state index contributed by atoms with van der Waals surface area (Å²) in [6.07, 6.45) is 0.127. The number of ether oxygens (including phenoxy) is 1. The smallest absolute Gasteiger partial charge is 0.246 e. The molecule has 0 saturated heterocycles. The number of carbonyl (C=O) groups is 1. The topological polar surface area (TPSA) is 50.4 Å². The standard InChI is InChI=1S/C19H22F2N2O2/c1-12(2)25-11-14-5-4-6-16(9-14)22-13(3)19(24)23-18-10-15(20)7-8-17(18)21/h4-10,12-13,22H,11H2,1-3H3,(H,23,24)/t13-/m0/s1. The molecule has 0 aliphatic carbocycles. The number of hydrogen-bond donors (Lipinski definition) is 2. The predicted octanol–water partition coefficient (Wildman–Crippen LogP) is 4.33. The van der Waals surface area contributed by atoms with Gasteiger partial charge in [0.25, 0.3) is 0 Å². The Labute approximate surface area is 146 Å². The van der Waals surface area contributed by atoms with Crippen molar-refractivity contribution in [2.24, 2.45) is 0 Å². The fourth-order valence-electron chi connectivity index (χ4n) is 2.16. The van der Waals surface area contributed by atoms with Crippen molar-refractivity contribution < 1.29 is 18.3 Å². The lowest BCUT2D eigenvalue weighted by Crippen LogP contribution is -2.32. The van der Waals surface area contributed by atoms with Crippen molar-refractivity contribution in [2.75, 3.05) is 10.6 Å². The average molecular weight is 348 g/mol. The summed E-state index contributed by atoms with van der Waals surface area (Å²) in [6.45, 7) is 6.03. The van der Waals surface area contributed by atoms with E-state index in [1.54, 1.807) is 6.92 Å². The number of benzene rings is 2. The quantitative estimate of drug-likeness (QED) is 0.783. The van der Waals surface area contributed by atoms with Gasteiger partial charge in [-0.15, -0.1) is 0 Å². The van der Waals surface area contributed by atoms with Gasteiger partial charge in [-0.1, -0.05) is 12.1 Å². The molecule has 0 radical (unpaired) electrons. The van der Waals surface area contributed by atoms with E-state index >= 15 is 0 Å². The van der Waals surface area contributed by atoms with Crippen LogP contribution in [0.4, 0.5) is 20.2 Å². The van der Waals surface area contributed by atoms with E-state index in [9.17, 15) is 13.6 Å². The Hall–Kier alpha value is -2.47. The van der Waals surface area contributed by atoms with E-state index in [4.69, 9.17) is 4.74 Å². The Balaban J connectivity index is 1.98. The van der Waals surface area contributed by atoms with E-state index < -0.39 is 23.6 Å². The third-order valence-corrected chi connectivity index (χ3v) is 3.47. The van der Waals surface area contributed by atoms with Crippen molar-refractivity contribution in [3.8, 4) is 0 Å². The molecule has 0 aliphatic rings. The maximum atomic E-state index is 13.6. The normalized spacial score (nSPS) is 12.1. The van der Waals surface area contributed by atoms with Crippen LogP contribution in [-0.2, 0) is 16.1 Å². The average Bonchev–Trinajstić information content (AvgIpc) is 2.56. The van der Waals surface area contributed by atoms with Crippen LogP contribution >= 0.6 is 0 Å². The Morgan fingerprint density at radius 2 is 1.88 bits per heavy atom. The van der Waals surface area contributed by atoms with Crippen LogP contribution in [0.25, 0.3) is 0 Å². The van der Waals surface area contributed by atoms with Crippen molar-refractivity contribution in [1.29, 1.82) is 0 Å². The van der Waals surface area contributed by atoms with Gasteiger partial charge < -0.3 is 15.4 Å². The molecule has 2 aromatic rings. The van der Waals surface area contributed by atoms with Crippen molar-refractivity contribution in [1.82, 2.24) is 0 Å². The van der Waals surface area contributed by atoms with Crippen LogP contribution in [0.5, 0.6) is 0 Å². The van der Waals surface area contributed by atoms with Crippen molar-refractivity contribution in [3.63, 3.8) is 0 Å². The number of rotatable bonds is 7. The number of hydrogen-bond acceptors (Lipinski definition) is 3. The maximum absolute atomic E-state index is 13.6.